The van der Waals surface area contributed by atoms with Gasteiger partial charge < -0.3 is 4.74 Å². The first kappa shape index (κ1) is 11.9. The van der Waals surface area contributed by atoms with Crippen molar-refractivity contribution >= 4 is 17.5 Å². The number of methoxy groups -OCH3 is 1. The van der Waals surface area contributed by atoms with E-state index in [-0.39, 0.29) is 18.0 Å². The Morgan fingerprint density at radius 3 is 2.33 bits per heavy atom. The second kappa shape index (κ2) is 5.05. The molecule has 1 rings (SSSR count). The Kier molecular flexibility index (Phi) is 4.00. The van der Waals surface area contributed by atoms with Crippen molar-refractivity contribution in [1.29, 1.82) is 0 Å². The van der Waals surface area contributed by atoms with E-state index in [1.807, 2.05) is 0 Å². The number of ether oxygens (including phenoxy) is 1. The molecule has 0 radical (unpaired) electrons. The highest BCUT2D eigenvalue weighted by Gasteiger charge is 2.30. The minimum Gasteiger partial charge on any atom is -0.468 e. The van der Waals surface area contributed by atoms with E-state index < -0.39 is 11.9 Å². The lowest BCUT2D eigenvalue weighted by molar-refractivity contribution is -0.150. The monoisotopic (exact) mass is 212 g/mol. The summed E-state index contributed by atoms with van der Waals surface area (Å²) in [5.41, 5.74) is 0. The van der Waals surface area contributed by atoms with Gasteiger partial charge in [-0.2, -0.15) is 0 Å². The fraction of sp³-hybridized carbons (Fsp3) is 0.727. The highest BCUT2D eigenvalue weighted by Crippen LogP contribution is 2.33. The summed E-state index contributed by atoms with van der Waals surface area (Å²) >= 11 is 0. The van der Waals surface area contributed by atoms with Gasteiger partial charge in [0.05, 0.1) is 7.11 Å². The Hall–Kier alpha value is -1.19. The fourth-order valence-electron chi connectivity index (χ4n) is 1.49. The van der Waals surface area contributed by atoms with Crippen molar-refractivity contribution < 1.29 is 19.1 Å². The van der Waals surface area contributed by atoms with Crippen LogP contribution < -0.4 is 0 Å². The Morgan fingerprint density at radius 2 is 1.93 bits per heavy atom. The number of rotatable bonds is 6. The van der Waals surface area contributed by atoms with Crippen molar-refractivity contribution in [3.63, 3.8) is 0 Å². The first-order valence-electron chi connectivity index (χ1n) is 5.14. The van der Waals surface area contributed by atoms with Crippen molar-refractivity contribution in [2.75, 3.05) is 7.11 Å². The third-order valence-electron chi connectivity index (χ3n) is 2.62. The molecule has 15 heavy (non-hydrogen) atoms. The van der Waals surface area contributed by atoms with Crippen LogP contribution in [-0.4, -0.2) is 24.6 Å². The second-order valence-electron chi connectivity index (χ2n) is 4.08. The first-order valence-corrected chi connectivity index (χ1v) is 5.14. The molecule has 4 nitrogen and oxygen atoms in total. The Morgan fingerprint density at radius 1 is 1.33 bits per heavy atom. The third-order valence-corrected chi connectivity index (χ3v) is 2.62. The van der Waals surface area contributed by atoms with Crippen LogP contribution >= 0.6 is 0 Å². The predicted molar refractivity (Wildman–Crippen MR) is 53.2 cm³/mol. The Labute approximate surface area is 89.0 Å². The van der Waals surface area contributed by atoms with Gasteiger partial charge in [-0.1, -0.05) is 0 Å². The standard InChI is InChI=1S/C11H16O4/c1-7(12)10(11(14)15-2)6-9(13)5-8-3-4-8/h8,10H,3-6H2,1-2H3. The quantitative estimate of drug-likeness (QED) is 0.489. The molecule has 0 spiro atoms. The maximum absolute atomic E-state index is 11.5. The van der Waals surface area contributed by atoms with Crippen LogP contribution in [0, 0.1) is 11.8 Å². The van der Waals surface area contributed by atoms with Gasteiger partial charge in [0.25, 0.3) is 0 Å². The van der Waals surface area contributed by atoms with Gasteiger partial charge in [-0.25, -0.2) is 0 Å². The molecule has 1 saturated carbocycles. The zero-order valence-electron chi connectivity index (χ0n) is 9.12. The molecule has 4 heteroatoms. The fourth-order valence-corrected chi connectivity index (χ4v) is 1.49. The van der Waals surface area contributed by atoms with Gasteiger partial charge in [-0.15, -0.1) is 0 Å². The predicted octanol–water partition coefficient (Wildman–Crippen LogP) is 1.12. The van der Waals surface area contributed by atoms with Crippen LogP contribution in [0.5, 0.6) is 0 Å². The molecule has 1 atom stereocenters. The summed E-state index contributed by atoms with van der Waals surface area (Å²) < 4.78 is 4.48. The molecule has 1 aliphatic rings. The lowest BCUT2D eigenvalue weighted by Crippen LogP contribution is -2.26. The molecule has 1 fully saturated rings. The van der Waals surface area contributed by atoms with E-state index in [1.165, 1.54) is 14.0 Å². The van der Waals surface area contributed by atoms with E-state index in [0.29, 0.717) is 12.3 Å². The molecule has 0 saturated heterocycles. The highest BCUT2D eigenvalue weighted by molar-refractivity contribution is 6.01. The average molecular weight is 212 g/mol. The summed E-state index contributed by atoms with van der Waals surface area (Å²) in [5.74, 6) is -1.33. The highest BCUT2D eigenvalue weighted by atomic mass is 16.5. The minimum atomic E-state index is -0.902. The largest absolute Gasteiger partial charge is 0.468 e. The molecule has 0 aliphatic heterocycles. The Balaban J connectivity index is 2.45. The van der Waals surface area contributed by atoms with Gasteiger partial charge in [0.1, 0.15) is 17.5 Å². The van der Waals surface area contributed by atoms with Gasteiger partial charge in [0, 0.05) is 12.8 Å². The summed E-state index contributed by atoms with van der Waals surface area (Å²) in [5, 5.41) is 0. The molecule has 0 amide bonds. The Bertz CT molecular complexity index is 278. The van der Waals surface area contributed by atoms with E-state index in [9.17, 15) is 14.4 Å². The van der Waals surface area contributed by atoms with Crippen LogP contribution in [0.25, 0.3) is 0 Å². The van der Waals surface area contributed by atoms with Crippen LogP contribution in [0.2, 0.25) is 0 Å². The molecule has 0 aromatic carbocycles. The van der Waals surface area contributed by atoms with Gasteiger partial charge >= 0.3 is 5.97 Å². The van der Waals surface area contributed by atoms with E-state index in [2.05, 4.69) is 4.74 Å². The van der Waals surface area contributed by atoms with E-state index in [0.717, 1.165) is 12.8 Å². The lowest BCUT2D eigenvalue weighted by Gasteiger charge is -2.09. The van der Waals surface area contributed by atoms with Gasteiger partial charge in [0.15, 0.2) is 0 Å². The number of esters is 1. The minimum absolute atomic E-state index is 0.00148. The molecule has 1 aliphatic carbocycles. The average Bonchev–Trinajstić information content (AvgIpc) is 2.96. The number of Topliss-reactive ketones (excluding diaryl/α,β-unsaturated/α-hetero) is 2. The van der Waals surface area contributed by atoms with Crippen molar-refractivity contribution in [1.82, 2.24) is 0 Å². The SMILES string of the molecule is COC(=O)C(CC(=O)CC1CC1)C(C)=O. The summed E-state index contributed by atoms with van der Waals surface area (Å²) in [4.78, 5) is 33.8. The van der Waals surface area contributed by atoms with E-state index in [4.69, 9.17) is 0 Å². The van der Waals surface area contributed by atoms with Gasteiger partial charge in [0.2, 0.25) is 0 Å². The zero-order valence-corrected chi connectivity index (χ0v) is 9.12. The molecule has 0 aromatic heterocycles. The summed E-state index contributed by atoms with van der Waals surface area (Å²) in [6.45, 7) is 1.31. The number of carbonyl (C=O) groups excluding carboxylic acids is 3. The van der Waals surface area contributed by atoms with Crippen LogP contribution in [-0.2, 0) is 19.1 Å². The van der Waals surface area contributed by atoms with Crippen LogP contribution in [0.1, 0.15) is 32.6 Å². The van der Waals surface area contributed by atoms with E-state index >= 15 is 0 Å². The number of hydrogen-bond donors (Lipinski definition) is 0. The van der Waals surface area contributed by atoms with E-state index in [1.54, 1.807) is 0 Å². The molecule has 84 valence electrons. The summed E-state index contributed by atoms with van der Waals surface area (Å²) in [7, 11) is 1.23. The van der Waals surface area contributed by atoms with Crippen molar-refractivity contribution in [2.24, 2.45) is 11.8 Å². The summed E-state index contributed by atoms with van der Waals surface area (Å²) in [6.07, 6.45) is 2.68. The molecular formula is C11H16O4. The maximum Gasteiger partial charge on any atom is 0.316 e. The number of hydrogen-bond acceptors (Lipinski definition) is 4. The second-order valence-corrected chi connectivity index (χ2v) is 4.08. The smallest absolute Gasteiger partial charge is 0.316 e. The zero-order chi connectivity index (χ0) is 11.4. The number of ketones is 2. The molecular weight excluding hydrogens is 196 g/mol. The van der Waals surface area contributed by atoms with Gasteiger partial charge in [-0.05, 0) is 25.7 Å². The van der Waals surface area contributed by atoms with Crippen LogP contribution in [0.4, 0.5) is 0 Å². The topological polar surface area (TPSA) is 60.4 Å². The van der Waals surface area contributed by atoms with Crippen LogP contribution in [0.3, 0.4) is 0 Å². The molecule has 0 bridgehead atoms. The van der Waals surface area contributed by atoms with Crippen molar-refractivity contribution in [3.05, 3.63) is 0 Å². The van der Waals surface area contributed by atoms with Crippen molar-refractivity contribution in [2.45, 2.75) is 32.6 Å². The lowest BCUT2D eigenvalue weighted by atomic mass is 9.96. The molecule has 0 heterocycles. The first-order chi connectivity index (χ1) is 7.04. The third kappa shape index (κ3) is 3.81. The molecule has 1 unspecified atom stereocenters. The van der Waals surface area contributed by atoms with Crippen molar-refractivity contribution in [3.8, 4) is 0 Å². The van der Waals surface area contributed by atoms with Gasteiger partial charge in [-0.3, -0.25) is 14.4 Å². The molecule has 0 N–H and O–H groups in total. The maximum atomic E-state index is 11.5. The van der Waals surface area contributed by atoms with Crippen LogP contribution in [0.15, 0.2) is 0 Å². The number of carbonyl (C=O) groups is 3. The molecule has 0 aromatic rings. The normalized spacial score (nSPS) is 16.9. The summed E-state index contributed by atoms with van der Waals surface area (Å²) in [6, 6.07) is 0.